The van der Waals surface area contributed by atoms with Crippen molar-refractivity contribution in [3.63, 3.8) is 0 Å². The third kappa shape index (κ3) is 1.67. The van der Waals surface area contributed by atoms with E-state index in [2.05, 4.69) is 42.0 Å². The van der Waals surface area contributed by atoms with Gasteiger partial charge in [0, 0.05) is 11.6 Å². The van der Waals surface area contributed by atoms with Crippen LogP contribution < -0.4 is 5.73 Å². The number of anilines is 1. The van der Waals surface area contributed by atoms with Crippen LogP contribution in [0, 0.1) is 6.92 Å². The summed E-state index contributed by atoms with van der Waals surface area (Å²) < 4.78 is 2.04. The first-order valence-corrected chi connectivity index (χ1v) is 6.68. The lowest BCUT2D eigenvalue weighted by molar-refractivity contribution is 0.662. The number of aromatic nitrogens is 3. The van der Waals surface area contributed by atoms with Gasteiger partial charge in [0.1, 0.15) is 5.01 Å². The molecule has 4 nitrogen and oxygen atoms in total. The standard InChI is InChI=1S/C13H14N4S/c1-8-3-4-11-10(7-8)16-13(14)17(11)9(2)12-15-5-6-18-12/h3-7,9H,1-2H3,(H2,14,16). The van der Waals surface area contributed by atoms with E-state index in [1.54, 1.807) is 11.3 Å². The van der Waals surface area contributed by atoms with Gasteiger partial charge >= 0.3 is 0 Å². The van der Waals surface area contributed by atoms with E-state index in [1.165, 1.54) is 5.56 Å². The molecule has 0 aliphatic heterocycles. The highest BCUT2D eigenvalue weighted by Crippen LogP contribution is 2.28. The van der Waals surface area contributed by atoms with Crippen LogP contribution in [0.1, 0.15) is 23.5 Å². The maximum Gasteiger partial charge on any atom is 0.201 e. The van der Waals surface area contributed by atoms with Crippen molar-refractivity contribution in [2.24, 2.45) is 0 Å². The topological polar surface area (TPSA) is 56.7 Å². The van der Waals surface area contributed by atoms with E-state index in [0.717, 1.165) is 16.0 Å². The van der Waals surface area contributed by atoms with Crippen LogP contribution in [0.4, 0.5) is 5.95 Å². The van der Waals surface area contributed by atoms with Crippen LogP contribution in [0.5, 0.6) is 0 Å². The minimum absolute atomic E-state index is 0.109. The third-order valence-corrected chi connectivity index (χ3v) is 4.01. The van der Waals surface area contributed by atoms with Gasteiger partial charge in [-0.1, -0.05) is 6.07 Å². The summed E-state index contributed by atoms with van der Waals surface area (Å²) in [7, 11) is 0. The van der Waals surface area contributed by atoms with Gasteiger partial charge in [-0.05, 0) is 31.5 Å². The van der Waals surface area contributed by atoms with E-state index in [-0.39, 0.29) is 6.04 Å². The SMILES string of the molecule is Cc1ccc2c(c1)nc(N)n2C(C)c1nccs1. The van der Waals surface area contributed by atoms with Crippen LogP contribution in [-0.2, 0) is 0 Å². The summed E-state index contributed by atoms with van der Waals surface area (Å²) in [6.07, 6.45) is 1.82. The molecule has 1 unspecified atom stereocenters. The zero-order valence-electron chi connectivity index (χ0n) is 10.3. The Bertz CT molecular complexity index is 684. The first-order valence-electron chi connectivity index (χ1n) is 5.80. The minimum atomic E-state index is 0.109. The highest BCUT2D eigenvalue weighted by Gasteiger charge is 2.17. The molecule has 0 aliphatic rings. The van der Waals surface area contributed by atoms with Gasteiger partial charge in [-0.15, -0.1) is 11.3 Å². The molecule has 1 aromatic carbocycles. The molecule has 0 fully saturated rings. The van der Waals surface area contributed by atoms with E-state index < -0.39 is 0 Å². The predicted molar refractivity (Wildman–Crippen MR) is 74.8 cm³/mol. The predicted octanol–water partition coefficient (Wildman–Crippen LogP) is 2.99. The molecule has 0 saturated carbocycles. The summed E-state index contributed by atoms with van der Waals surface area (Å²) in [5.74, 6) is 0.540. The van der Waals surface area contributed by atoms with Gasteiger partial charge < -0.3 is 10.3 Å². The molecule has 0 aliphatic carbocycles. The first-order chi connectivity index (χ1) is 8.66. The van der Waals surface area contributed by atoms with Gasteiger partial charge in [0.25, 0.3) is 0 Å². The number of imidazole rings is 1. The molecule has 3 aromatic rings. The van der Waals surface area contributed by atoms with Gasteiger partial charge in [0.2, 0.25) is 5.95 Å². The number of nitrogens with two attached hydrogens (primary N) is 1. The average Bonchev–Trinajstić information content (AvgIpc) is 2.94. The largest absolute Gasteiger partial charge is 0.369 e. The van der Waals surface area contributed by atoms with E-state index in [1.807, 2.05) is 16.1 Å². The van der Waals surface area contributed by atoms with Crippen LogP contribution in [0.25, 0.3) is 11.0 Å². The maximum absolute atomic E-state index is 6.04. The molecular formula is C13H14N4S. The van der Waals surface area contributed by atoms with Crippen molar-refractivity contribution < 1.29 is 0 Å². The summed E-state index contributed by atoms with van der Waals surface area (Å²) in [5, 5.41) is 3.02. The van der Waals surface area contributed by atoms with Gasteiger partial charge in [-0.25, -0.2) is 9.97 Å². The van der Waals surface area contributed by atoms with Crippen LogP contribution in [-0.4, -0.2) is 14.5 Å². The molecule has 0 spiro atoms. The van der Waals surface area contributed by atoms with Crippen LogP contribution in [0.3, 0.4) is 0 Å². The van der Waals surface area contributed by atoms with Crippen molar-refractivity contribution in [1.82, 2.24) is 14.5 Å². The fourth-order valence-corrected chi connectivity index (χ4v) is 2.87. The first kappa shape index (κ1) is 11.2. The Morgan fingerprint density at radius 1 is 1.39 bits per heavy atom. The van der Waals surface area contributed by atoms with Crippen LogP contribution in [0.2, 0.25) is 0 Å². The summed E-state index contributed by atoms with van der Waals surface area (Å²) in [5.41, 5.74) is 9.23. The number of aryl methyl sites for hydroxylation is 1. The lowest BCUT2D eigenvalue weighted by Gasteiger charge is -2.13. The molecule has 1 atom stereocenters. The quantitative estimate of drug-likeness (QED) is 0.768. The molecule has 18 heavy (non-hydrogen) atoms. The monoisotopic (exact) mass is 258 g/mol. The summed E-state index contributed by atoms with van der Waals surface area (Å²) >= 11 is 1.63. The van der Waals surface area contributed by atoms with Crippen LogP contribution >= 0.6 is 11.3 Å². The van der Waals surface area contributed by atoms with Gasteiger partial charge in [-0.2, -0.15) is 0 Å². The van der Waals surface area contributed by atoms with Crippen molar-refractivity contribution in [3.8, 4) is 0 Å². The number of nitrogen functional groups attached to an aromatic ring is 1. The molecule has 3 rings (SSSR count). The van der Waals surface area contributed by atoms with Crippen molar-refractivity contribution in [3.05, 3.63) is 40.3 Å². The highest BCUT2D eigenvalue weighted by molar-refractivity contribution is 7.09. The van der Waals surface area contributed by atoms with Crippen molar-refractivity contribution >= 4 is 28.3 Å². The molecule has 0 saturated heterocycles. The fourth-order valence-electron chi connectivity index (χ4n) is 2.19. The van der Waals surface area contributed by atoms with Crippen LogP contribution in [0.15, 0.2) is 29.8 Å². The number of fused-ring (bicyclic) bond motifs is 1. The van der Waals surface area contributed by atoms with Gasteiger partial charge in [0.05, 0.1) is 17.1 Å². The Balaban J connectivity index is 2.19. The Morgan fingerprint density at radius 2 is 2.22 bits per heavy atom. The number of benzene rings is 1. The minimum Gasteiger partial charge on any atom is -0.369 e. The Hall–Kier alpha value is -1.88. The molecule has 0 amide bonds. The average molecular weight is 258 g/mol. The van der Waals surface area contributed by atoms with E-state index in [0.29, 0.717) is 5.95 Å². The van der Waals surface area contributed by atoms with E-state index >= 15 is 0 Å². The second kappa shape index (κ2) is 4.10. The number of hydrogen-bond donors (Lipinski definition) is 1. The van der Waals surface area contributed by atoms with Gasteiger partial charge in [-0.3, -0.25) is 0 Å². The molecule has 0 radical (unpaired) electrons. The lowest BCUT2D eigenvalue weighted by atomic mass is 10.2. The zero-order chi connectivity index (χ0) is 12.7. The molecule has 2 aromatic heterocycles. The highest BCUT2D eigenvalue weighted by atomic mass is 32.1. The number of nitrogens with zero attached hydrogens (tertiary/aromatic N) is 3. The second-order valence-electron chi connectivity index (χ2n) is 4.38. The fraction of sp³-hybridized carbons (Fsp3) is 0.231. The molecule has 2 heterocycles. The Kier molecular flexibility index (Phi) is 2.56. The molecule has 5 heteroatoms. The second-order valence-corrected chi connectivity index (χ2v) is 5.30. The van der Waals surface area contributed by atoms with Crippen molar-refractivity contribution in [2.75, 3.05) is 5.73 Å². The number of thiazole rings is 1. The summed E-state index contributed by atoms with van der Waals surface area (Å²) in [4.78, 5) is 8.77. The lowest BCUT2D eigenvalue weighted by Crippen LogP contribution is -2.09. The smallest absolute Gasteiger partial charge is 0.201 e. The molecule has 92 valence electrons. The van der Waals surface area contributed by atoms with Crippen molar-refractivity contribution in [1.29, 1.82) is 0 Å². The number of rotatable bonds is 2. The Morgan fingerprint density at radius 3 is 2.94 bits per heavy atom. The molecule has 2 N–H and O–H groups in total. The Labute approximate surface area is 109 Å². The van der Waals surface area contributed by atoms with E-state index in [4.69, 9.17) is 5.73 Å². The summed E-state index contributed by atoms with van der Waals surface area (Å²) in [6, 6.07) is 6.31. The number of hydrogen-bond acceptors (Lipinski definition) is 4. The third-order valence-electron chi connectivity index (χ3n) is 3.07. The van der Waals surface area contributed by atoms with E-state index in [9.17, 15) is 0 Å². The van der Waals surface area contributed by atoms with Crippen molar-refractivity contribution in [2.45, 2.75) is 19.9 Å². The maximum atomic E-state index is 6.04. The molecule has 0 bridgehead atoms. The normalized spacial score (nSPS) is 13.0. The van der Waals surface area contributed by atoms with Gasteiger partial charge in [0.15, 0.2) is 0 Å². The molecular weight excluding hydrogens is 244 g/mol. The summed E-state index contributed by atoms with van der Waals surface area (Å²) in [6.45, 7) is 4.15. The zero-order valence-corrected chi connectivity index (χ0v) is 11.1.